The Kier molecular flexibility index (Phi) is 5.06. The third-order valence-electron chi connectivity index (χ3n) is 3.84. The molecule has 0 radical (unpaired) electrons. The van der Waals surface area contributed by atoms with Crippen LogP contribution in [0.1, 0.15) is 45.6 Å². The lowest BCUT2D eigenvalue weighted by Crippen LogP contribution is -2.26. The van der Waals surface area contributed by atoms with Crippen molar-refractivity contribution in [2.75, 3.05) is 13.1 Å². The Morgan fingerprint density at radius 1 is 1.32 bits per heavy atom. The summed E-state index contributed by atoms with van der Waals surface area (Å²) in [6.45, 7) is 13.1. The van der Waals surface area contributed by atoms with E-state index in [-0.39, 0.29) is 0 Å². The van der Waals surface area contributed by atoms with Crippen molar-refractivity contribution in [3.8, 4) is 0 Å². The van der Waals surface area contributed by atoms with Crippen molar-refractivity contribution in [2.24, 2.45) is 11.8 Å². The minimum absolute atomic E-state index is 0.682. The molecule has 0 bridgehead atoms. The smallest absolute Gasteiger partial charge is 0.118 e. The number of nitrogens with one attached hydrogen (secondary N) is 1. The highest BCUT2D eigenvalue weighted by Gasteiger charge is 2.26. The number of nitrogens with zero attached hydrogens (tertiary/aromatic N) is 1. The molecule has 2 atom stereocenters. The van der Waals surface area contributed by atoms with E-state index in [1.807, 2.05) is 0 Å². The lowest BCUT2D eigenvalue weighted by molar-refractivity contribution is 0.232. The van der Waals surface area contributed by atoms with Gasteiger partial charge in [0.1, 0.15) is 11.5 Å². The van der Waals surface area contributed by atoms with Crippen molar-refractivity contribution in [2.45, 2.75) is 53.2 Å². The summed E-state index contributed by atoms with van der Waals surface area (Å²) < 4.78 is 5.91. The first-order chi connectivity index (χ1) is 9.04. The van der Waals surface area contributed by atoms with E-state index in [1.54, 1.807) is 0 Å². The minimum atomic E-state index is 0.682. The van der Waals surface area contributed by atoms with Crippen molar-refractivity contribution in [1.82, 2.24) is 10.2 Å². The van der Waals surface area contributed by atoms with Gasteiger partial charge in [0.25, 0.3) is 0 Å². The molecule has 108 valence electrons. The van der Waals surface area contributed by atoms with Crippen LogP contribution in [0.5, 0.6) is 0 Å². The summed E-state index contributed by atoms with van der Waals surface area (Å²) in [4.78, 5) is 2.52. The van der Waals surface area contributed by atoms with E-state index >= 15 is 0 Å². The zero-order chi connectivity index (χ0) is 13.8. The van der Waals surface area contributed by atoms with Crippen molar-refractivity contribution >= 4 is 0 Å². The summed E-state index contributed by atoms with van der Waals surface area (Å²) in [5.41, 5.74) is 0. The van der Waals surface area contributed by atoms with E-state index in [9.17, 15) is 0 Å². The zero-order valence-corrected chi connectivity index (χ0v) is 12.8. The van der Waals surface area contributed by atoms with Crippen LogP contribution in [-0.4, -0.2) is 24.0 Å². The molecular formula is C16H28N2O. The molecule has 1 saturated heterocycles. The highest BCUT2D eigenvalue weighted by molar-refractivity contribution is 5.07. The van der Waals surface area contributed by atoms with Crippen LogP contribution >= 0.6 is 0 Å². The maximum Gasteiger partial charge on any atom is 0.118 e. The van der Waals surface area contributed by atoms with E-state index in [2.05, 4.69) is 50.0 Å². The SMILES string of the molecule is CC(C)CNCc1ccc(CN2CC(C)CC2C)o1. The molecule has 2 heterocycles. The second-order valence-corrected chi connectivity index (χ2v) is 6.51. The van der Waals surface area contributed by atoms with Crippen LogP contribution in [0.25, 0.3) is 0 Å². The first-order valence-electron chi connectivity index (χ1n) is 7.57. The molecule has 0 saturated carbocycles. The Hall–Kier alpha value is -0.800. The predicted octanol–water partition coefficient (Wildman–Crippen LogP) is 3.26. The summed E-state index contributed by atoms with van der Waals surface area (Å²) in [5.74, 6) is 3.65. The van der Waals surface area contributed by atoms with Gasteiger partial charge in [0.05, 0.1) is 13.1 Å². The van der Waals surface area contributed by atoms with Crippen LogP contribution in [0, 0.1) is 11.8 Å². The molecule has 0 aromatic carbocycles. The van der Waals surface area contributed by atoms with Gasteiger partial charge in [0.2, 0.25) is 0 Å². The quantitative estimate of drug-likeness (QED) is 0.855. The molecule has 2 rings (SSSR count). The fraction of sp³-hybridized carbons (Fsp3) is 0.750. The van der Waals surface area contributed by atoms with Crippen LogP contribution in [0.15, 0.2) is 16.5 Å². The van der Waals surface area contributed by atoms with E-state index < -0.39 is 0 Å². The predicted molar refractivity (Wildman–Crippen MR) is 78.9 cm³/mol. The van der Waals surface area contributed by atoms with Crippen molar-refractivity contribution in [3.63, 3.8) is 0 Å². The van der Waals surface area contributed by atoms with Gasteiger partial charge in [-0.25, -0.2) is 0 Å². The van der Waals surface area contributed by atoms with Gasteiger partial charge in [-0.05, 0) is 43.9 Å². The molecule has 3 heteroatoms. The number of hydrogen-bond donors (Lipinski definition) is 1. The van der Waals surface area contributed by atoms with Gasteiger partial charge >= 0.3 is 0 Å². The molecule has 1 N–H and O–H groups in total. The molecular weight excluding hydrogens is 236 g/mol. The highest BCUT2D eigenvalue weighted by atomic mass is 16.3. The van der Waals surface area contributed by atoms with Crippen molar-refractivity contribution in [3.05, 3.63) is 23.7 Å². The van der Waals surface area contributed by atoms with E-state index in [0.717, 1.165) is 37.1 Å². The highest BCUT2D eigenvalue weighted by Crippen LogP contribution is 2.24. The van der Waals surface area contributed by atoms with Crippen LogP contribution < -0.4 is 5.32 Å². The van der Waals surface area contributed by atoms with E-state index in [1.165, 1.54) is 13.0 Å². The standard InChI is InChI=1S/C16H28N2O/c1-12(2)8-17-9-15-5-6-16(19-15)11-18-10-13(3)7-14(18)4/h5-6,12-14,17H,7-11H2,1-4H3. The number of hydrogen-bond acceptors (Lipinski definition) is 3. The first kappa shape index (κ1) is 14.6. The molecule has 0 aliphatic carbocycles. The van der Waals surface area contributed by atoms with Crippen molar-refractivity contribution < 1.29 is 4.42 Å². The zero-order valence-electron chi connectivity index (χ0n) is 12.8. The Balaban J connectivity index is 1.80. The maximum atomic E-state index is 5.91. The average Bonchev–Trinajstić information content (AvgIpc) is 2.87. The Morgan fingerprint density at radius 2 is 2.05 bits per heavy atom. The fourth-order valence-corrected chi connectivity index (χ4v) is 2.89. The monoisotopic (exact) mass is 264 g/mol. The molecule has 1 aliphatic heterocycles. The third kappa shape index (κ3) is 4.36. The fourth-order valence-electron chi connectivity index (χ4n) is 2.89. The molecule has 1 aromatic rings. The summed E-state index contributed by atoms with van der Waals surface area (Å²) in [6, 6.07) is 4.91. The minimum Gasteiger partial charge on any atom is -0.463 e. The summed E-state index contributed by atoms with van der Waals surface area (Å²) in [6.07, 6.45) is 1.31. The van der Waals surface area contributed by atoms with Gasteiger partial charge in [0, 0.05) is 12.6 Å². The number of likely N-dealkylation sites (tertiary alicyclic amines) is 1. The van der Waals surface area contributed by atoms with Crippen LogP contribution in [0.2, 0.25) is 0 Å². The van der Waals surface area contributed by atoms with E-state index in [0.29, 0.717) is 12.0 Å². The largest absolute Gasteiger partial charge is 0.463 e. The van der Waals surface area contributed by atoms with Crippen molar-refractivity contribution in [1.29, 1.82) is 0 Å². The molecule has 1 fully saturated rings. The van der Waals surface area contributed by atoms with Gasteiger partial charge in [0.15, 0.2) is 0 Å². The summed E-state index contributed by atoms with van der Waals surface area (Å²) in [7, 11) is 0. The third-order valence-corrected chi connectivity index (χ3v) is 3.84. The van der Waals surface area contributed by atoms with Crippen LogP contribution in [0.4, 0.5) is 0 Å². The summed E-state index contributed by atoms with van der Waals surface area (Å²) >= 11 is 0. The van der Waals surface area contributed by atoms with Gasteiger partial charge in [-0.2, -0.15) is 0 Å². The molecule has 2 unspecified atom stereocenters. The number of rotatable bonds is 6. The Bertz CT molecular complexity index is 386. The second kappa shape index (κ2) is 6.58. The Morgan fingerprint density at radius 3 is 2.68 bits per heavy atom. The maximum absolute atomic E-state index is 5.91. The number of furan rings is 1. The molecule has 1 aromatic heterocycles. The Labute approximate surface area is 117 Å². The lowest BCUT2D eigenvalue weighted by Gasteiger charge is -2.19. The average molecular weight is 264 g/mol. The van der Waals surface area contributed by atoms with Gasteiger partial charge in [-0.15, -0.1) is 0 Å². The van der Waals surface area contributed by atoms with Crippen LogP contribution in [-0.2, 0) is 13.1 Å². The van der Waals surface area contributed by atoms with Gasteiger partial charge in [-0.1, -0.05) is 20.8 Å². The second-order valence-electron chi connectivity index (χ2n) is 6.51. The van der Waals surface area contributed by atoms with Crippen LogP contribution in [0.3, 0.4) is 0 Å². The van der Waals surface area contributed by atoms with Gasteiger partial charge in [-0.3, -0.25) is 4.90 Å². The van der Waals surface area contributed by atoms with Gasteiger partial charge < -0.3 is 9.73 Å². The first-order valence-corrected chi connectivity index (χ1v) is 7.57. The van der Waals surface area contributed by atoms with E-state index in [4.69, 9.17) is 4.42 Å². The molecule has 19 heavy (non-hydrogen) atoms. The molecule has 3 nitrogen and oxygen atoms in total. The lowest BCUT2D eigenvalue weighted by atomic mass is 10.1. The molecule has 0 amide bonds. The molecule has 0 spiro atoms. The summed E-state index contributed by atoms with van der Waals surface area (Å²) in [5, 5.41) is 3.42. The normalized spacial score (nSPS) is 24.5. The molecule has 1 aliphatic rings. The topological polar surface area (TPSA) is 28.4 Å².